The number of carbonyl (C=O) groups is 1. The second-order valence-corrected chi connectivity index (χ2v) is 5.60. The molecule has 0 radical (unpaired) electrons. The van der Waals surface area contributed by atoms with Crippen LogP contribution < -0.4 is 10.1 Å². The minimum atomic E-state index is 0.187. The molecule has 1 amide bonds. The molecule has 0 heterocycles. The quantitative estimate of drug-likeness (QED) is 0.889. The van der Waals surface area contributed by atoms with Crippen LogP contribution in [0.5, 0.6) is 5.75 Å². The van der Waals surface area contributed by atoms with Crippen LogP contribution in [0, 0.1) is 24.7 Å². The van der Waals surface area contributed by atoms with Crippen LogP contribution in [0.2, 0.25) is 0 Å². The van der Waals surface area contributed by atoms with E-state index in [1.807, 2.05) is 25.1 Å². The molecule has 2 saturated carbocycles. The first-order chi connectivity index (χ1) is 8.67. The summed E-state index contributed by atoms with van der Waals surface area (Å²) in [5, 5.41) is 3.02. The molecule has 3 heteroatoms. The van der Waals surface area contributed by atoms with E-state index in [1.165, 1.54) is 6.42 Å². The molecule has 0 spiro atoms. The van der Waals surface area contributed by atoms with Crippen molar-refractivity contribution < 1.29 is 9.53 Å². The van der Waals surface area contributed by atoms with E-state index in [1.54, 1.807) is 7.11 Å². The monoisotopic (exact) mass is 245 g/mol. The molecule has 18 heavy (non-hydrogen) atoms. The van der Waals surface area contributed by atoms with Crippen LogP contribution >= 0.6 is 0 Å². The zero-order valence-corrected chi connectivity index (χ0v) is 10.9. The van der Waals surface area contributed by atoms with Crippen LogP contribution in [0.4, 0.5) is 5.69 Å². The van der Waals surface area contributed by atoms with Gasteiger partial charge in [-0.25, -0.2) is 0 Å². The number of rotatable bonds is 3. The van der Waals surface area contributed by atoms with Crippen molar-refractivity contribution in [2.45, 2.75) is 26.2 Å². The summed E-state index contributed by atoms with van der Waals surface area (Å²) in [4.78, 5) is 12.1. The van der Waals surface area contributed by atoms with Crippen molar-refractivity contribution in [3.05, 3.63) is 23.8 Å². The molecule has 3 nitrogen and oxygen atoms in total. The summed E-state index contributed by atoms with van der Waals surface area (Å²) in [7, 11) is 1.66. The van der Waals surface area contributed by atoms with Crippen molar-refractivity contribution >= 4 is 11.6 Å². The Bertz CT molecular complexity index is 473. The summed E-state index contributed by atoms with van der Waals surface area (Å²) >= 11 is 0. The first-order valence-corrected chi connectivity index (χ1v) is 6.63. The molecule has 2 atom stereocenters. The largest absolute Gasteiger partial charge is 0.496 e. The number of aryl methyl sites for hydroxylation is 1. The molecule has 1 N–H and O–H groups in total. The molecule has 0 bridgehead atoms. The molecule has 0 aliphatic heterocycles. The zero-order chi connectivity index (χ0) is 12.7. The smallest absolute Gasteiger partial charge is 0.227 e. The third kappa shape index (κ3) is 2.09. The van der Waals surface area contributed by atoms with E-state index in [0.29, 0.717) is 0 Å². The van der Waals surface area contributed by atoms with Gasteiger partial charge in [-0.15, -0.1) is 0 Å². The van der Waals surface area contributed by atoms with Gasteiger partial charge in [-0.2, -0.15) is 0 Å². The maximum atomic E-state index is 12.1. The number of fused-ring (bicyclic) bond motifs is 1. The first kappa shape index (κ1) is 11.6. The number of nitrogens with one attached hydrogen (secondary N) is 1. The van der Waals surface area contributed by atoms with E-state index in [-0.39, 0.29) is 11.8 Å². The predicted molar refractivity (Wildman–Crippen MR) is 70.7 cm³/mol. The van der Waals surface area contributed by atoms with Crippen molar-refractivity contribution in [1.29, 1.82) is 0 Å². The van der Waals surface area contributed by atoms with Crippen molar-refractivity contribution in [3.8, 4) is 5.75 Å². The second kappa shape index (κ2) is 4.30. The number of hydrogen-bond donors (Lipinski definition) is 1. The molecule has 96 valence electrons. The number of amides is 1. The molecule has 3 rings (SSSR count). The average molecular weight is 245 g/mol. The van der Waals surface area contributed by atoms with Gasteiger partial charge in [0.15, 0.2) is 0 Å². The Morgan fingerprint density at radius 2 is 2.00 bits per heavy atom. The van der Waals surface area contributed by atoms with Crippen LogP contribution in [0.3, 0.4) is 0 Å². The highest BCUT2D eigenvalue weighted by Crippen LogP contribution is 2.54. The highest BCUT2D eigenvalue weighted by atomic mass is 16.5. The summed E-state index contributed by atoms with van der Waals surface area (Å²) in [6.07, 6.45) is 3.53. The van der Waals surface area contributed by atoms with E-state index >= 15 is 0 Å². The van der Waals surface area contributed by atoms with Gasteiger partial charge < -0.3 is 10.1 Å². The van der Waals surface area contributed by atoms with Crippen molar-refractivity contribution in [2.75, 3.05) is 12.4 Å². The number of benzene rings is 1. The van der Waals surface area contributed by atoms with Gasteiger partial charge in [0.1, 0.15) is 5.75 Å². The van der Waals surface area contributed by atoms with E-state index < -0.39 is 0 Å². The predicted octanol–water partition coefficient (Wildman–Crippen LogP) is 2.99. The fraction of sp³-hybridized carbons (Fsp3) is 0.533. The average Bonchev–Trinajstić information content (AvgIpc) is 2.96. The van der Waals surface area contributed by atoms with E-state index in [9.17, 15) is 4.79 Å². The minimum absolute atomic E-state index is 0.187. The lowest BCUT2D eigenvalue weighted by molar-refractivity contribution is -0.120. The Morgan fingerprint density at radius 1 is 1.28 bits per heavy atom. The fourth-order valence-corrected chi connectivity index (χ4v) is 3.13. The topological polar surface area (TPSA) is 38.3 Å². The molecular formula is C15H19NO2. The lowest BCUT2D eigenvalue weighted by Gasteiger charge is -2.13. The minimum Gasteiger partial charge on any atom is -0.496 e. The molecule has 2 fully saturated rings. The van der Waals surface area contributed by atoms with Crippen LogP contribution in [0.15, 0.2) is 18.2 Å². The third-order valence-corrected chi connectivity index (χ3v) is 4.28. The van der Waals surface area contributed by atoms with E-state index in [4.69, 9.17) is 4.74 Å². The standard InChI is InChI=1S/C15H19NO2/c1-9-5-13(3-4-14(9)18-2)16-15(17)12-7-10-6-11(10)8-12/h3-5,10-12H,6-8H2,1-2H3,(H,16,17). The summed E-state index contributed by atoms with van der Waals surface area (Å²) in [6.45, 7) is 1.99. The Hall–Kier alpha value is -1.51. The van der Waals surface area contributed by atoms with Gasteiger partial charge in [0.25, 0.3) is 0 Å². The molecule has 0 aromatic heterocycles. The van der Waals surface area contributed by atoms with Crippen molar-refractivity contribution in [2.24, 2.45) is 17.8 Å². The number of carbonyl (C=O) groups excluding carboxylic acids is 1. The number of ether oxygens (including phenoxy) is 1. The van der Waals surface area contributed by atoms with Crippen LogP contribution in [-0.4, -0.2) is 13.0 Å². The molecule has 2 aliphatic rings. The van der Waals surface area contributed by atoms with E-state index in [2.05, 4.69) is 5.32 Å². The van der Waals surface area contributed by atoms with Gasteiger partial charge in [0.2, 0.25) is 5.91 Å². The highest BCUT2D eigenvalue weighted by Gasteiger charge is 2.47. The molecule has 1 aromatic rings. The summed E-state index contributed by atoms with van der Waals surface area (Å²) in [5.74, 6) is 2.97. The molecule has 1 aromatic carbocycles. The van der Waals surface area contributed by atoms with Crippen molar-refractivity contribution in [1.82, 2.24) is 0 Å². The molecule has 2 aliphatic carbocycles. The Balaban J connectivity index is 1.65. The maximum Gasteiger partial charge on any atom is 0.227 e. The van der Waals surface area contributed by atoms with Gasteiger partial charge in [-0.1, -0.05) is 0 Å². The number of hydrogen-bond acceptors (Lipinski definition) is 2. The van der Waals surface area contributed by atoms with Gasteiger partial charge >= 0.3 is 0 Å². The first-order valence-electron chi connectivity index (χ1n) is 6.63. The second-order valence-electron chi connectivity index (χ2n) is 5.60. The SMILES string of the molecule is COc1ccc(NC(=O)C2CC3CC3C2)cc1C. The lowest BCUT2D eigenvalue weighted by Crippen LogP contribution is -2.21. The summed E-state index contributed by atoms with van der Waals surface area (Å²) < 4.78 is 5.21. The van der Waals surface area contributed by atoms with Crippen molar-refractivity contribution in [3.63, 3.8) is 0 Å². The Morgan fingerprint density at radius 3 is 2.61 bits per heavy atom. The van der Waals surface area contributed by atoms with Gasteiger partial charge in [0.05, 0.1) is 7.11 Å². The van der Waals surface area contributed by atoms with Gasteiger partial charge in [0, 0.05) is 11.6 Å². The summed E-state index contributed by atoms with van der Waals surface area (Å²) in [6, 6.07) is 5.77. The molecule has 2 unspecified atom stereocenters. The summed E-state index contributed by atoms with van der Waals surface area (Å²) in [5.41, 5.74) is 1.92. The normalized spacial score (nSPS) is 28.7. The molecular weight excluding hydrogens is 226 g/mol. The Labute approximate surface area is 108 Å². The lowest BCUT2D eigenvalue weighted by atomic mass is 10.0. The van der Waals surface area contributed by atoms with E-state index in [0.717, 1.165) is 41.7 Å². The maximum absolute atomic E-state index is 12.1. The zero-order valence-electron chi connectivity index (χ0n) is 10.9. The Kier molecular flexibility index (Phi) is 2.77. The highest BCUT2D eigenvalue weighted by molar-refractivity contribution is 5.93. The van der Waals surface area contributed by atoms with Gasteiger partial charge in [-0.3, -0.25) is 4.79 Å². The van der Waals surface area contributed by atoms with Crippen LogP contribution in [0.1, 0.15) is 24.8 Å². The molecule has 0 saturated heterocycles. The third-order valence-electron chi connectivity index (χ3n) is 4.28. The number of methoxy groups -OCH3 is 1. The van der Waals surface area contributed by atoms with Crippen LogP contribution in [0.25, 0.3) is 0 Å². The van der Waals surface area contributed by atoms with Gasteiger partial charge in [-0.05, 0) is 61.8 Å². The van der Waals surface area contributed by atoms with Crippen LogP contribution in [-0.2, 0) is 4.79 Å². The number of anilines is 1. The fourth-order valence-electron chi connectivity index (χ4n) is 3.13.